The predicted octanol–water partition coefficient (Wildman–Crippen LogP) is 2.49. The zero-order chi connectivity index (χ0) is 10.8. The summed E-state index contributed by atoms with van der Waals surface area (Å²) in [7, 11) is 0. The van der Waals surface area contributed by atoms with Crippen molar-refractivity contribution < 1.29 is 9.90 Å². The van der Waals surface area contributed by atoms with Gasteiger partial charge in [-0.15, -0.1) is 0 Å². The van der Waals surface area contributed by atoms with Crippen LogP contribution in [-0.4, -0.2) is 17.0 Å². The Kier molecular flexibility index (Phi) is 3.53. The zero-order valence-electron chi connectivity index (χ0n) is 7.63. The molecule has 1 N–H and O–H groups in total. The van der Waals surface area contributed by atoms with Gasteiger partial charge in [-0.1, -0.05) is 29.3 Å². The maximum Gasteiger partial charge on any atom is 0.151 e. The Morgan fingerprint density at radius 2 is 2.07 bits per heavy atom. The van der Waals surface area contributed by atoms with Gasteiger partial charge in [-0.3, -0.25) is 0 Å². The SMILES string of the molecule is CC(O)(C=O)Cc1ccc(Cl)c(Cl)c1. The fraction of sp³-hybridized carbons (Fsp3) is 0.300. The normalized spacial score (nSPS) is 14.9. The molecule has 0 fully saturated rings. The number of benzene rings is 1. The first-order chi connectivity index (χ1) is 6.44. The zero-order valence-corrected chi connectivity index (χ0v) is 9.14. The van der Waals surface area contributed by atoms with Crippen LogP contribution in [-0.2, 0) is 11.2 Å². The van der Waals surface area contributed by atoms with Gasteiger partial charge in [-0.25, -0.2) is 0 Å². The van der Waals surface area contributed by atoms with E-state index in [-0.39, 0.29) is 6.42 Å². The Bertz CT molecular complexity index is 348. The number of hydrogen-bond acceptors (Lipinski definition) is 2. The summed E-state index contributed by atoms with van der Waals surface area (Å²) in [6.07, 6.45) is 0.739. The Morgan fingerprint density at radius 1 is 1.43 bits per heavy atom. The molecule has 0 saturated carbocycles. The summed E-state index contributed by atoms with van der Waals surface area (Å²) in [6, 6.07) is 5.01. The maximum atomic E-state index is 10.5. The maximum absolute atomic E-state index is 10.5. The minimum absolute atomic E-state index is 0.230. The van der Waals surface area contributed by atoms with Crippen LogP contribution in [0.2, 0.25) is 10.0 Å². The van der Waals surface area contributed by atoms with Crippen molar-refractivity contribution in [2.75, 3.05) is 0 Å². The highest BCUT2D eigenvalue weighted by Crippen LogP contribution is 2.24. The van der Waals surface area contributed by atoms with Gasteiger partial charge in [-0.05, 0) is 24.6 Å². The Labute approximate surface area is 92.5 Å². The van der Waals surface area contributed by atoms with E-state index in [1.54, 1.807) is 18.2 Å². The lowest BCUT2D eigenvalue weighted by molar-refractivity contribution is -0.122. The first-order valence-electron chi connectivity index (χ1n) is 4.07. The van der Waals surface area contributed by atoms with Gasteiger partial charge in [0.15, 0.2) is 6.29 Å². The molecule has 76 valence electrons. The predicted molar refractivity (Wildman–Crippen MR) is 56.9 cm³/mol. The summed E-state index contributed by atoms with van der Waals surface area (Å²) >= 11 is 11.5. The molecule has 0 saturated heterocycles. The third-order valence-corrected chi connectivity index (χ3v) is 2.54. The molecule has 0 aliphatic rings. The first kappa shape index (κ1) is 11.5. The third-order valence-electron chi connectivity index (χ3n) is 1.80. The fourth-order valence-electron chi connectivity index (χ4n) is 1.10. The average Bonchev–Trinajstić information content (AvgIpc) is 2.11. The quantitative estimate of drug-likeness (QED) is 0.814. The standard InChI is InChI=1S/C10H10Cl2O2/c1-10(14,6-13)5-7-2-3-8(11)9(12)4-7/h2-4,6,14H,5H2,1H3. The van der Waals surface area contributed by atoms with E-state index in [0.29, 0.717) is 16.3 Å². The molecule has 14 heavy (non-hydrogen) atoms. The number of carbonyl (C=O) groups excluding carboxylic acids is 1. The second-order valence-electron chi connectivity index (χ2n) is 3.40. The van der Waals surface area contributed by atoms with E-state index in [4.69, 9.17) is 23.2 Å². The molecular formula is C10H10Cl2O2. The number of aldehydes is 1. The summed E-state index contributed by atoms with van der Waals surface area (Å²) in [5.41, 5.74) is -0.576. The van der Waals surface area contributed by atoms with Crippen molar-refractivity contribution in [1.82, 2.24) is 0 Å². The monoisotopic (exact) mass is 232 g/mol. The Morgan fingerprint density at radius 3 is 2.57 bits per heavy atom. The molecule has 1 atom stereocenters. The number of halogens is 2. The van der Waals surface area contributed by atoms with E-state index in [2.05, 4.69) is 0 Å². The Balaban J connectivity index is 2.88. The van der Waals surface area contributed by atoms with Gasteiger partial charge in [0.25, 0.3) is 0 Å². The minimum Gasteiger partial charge on any atom is -0.382 e. The summed E-state index contributed by atoms with van der Waals surface area (Å²) in [5, 5.41) is 10.4. The molecular weight excluding hydrogens is 223 g/mol. The minimum atomic E-state index is -1.35. The number of hydrogen-bond donors (Lipinski definition) is 1. The highest BCUT2D eigenvalue weighted by atomic mass is 35.5. The van der Waals surface area contributed by atoms with Gasteiger partial charge >= 0.3 is 0 Å². The van der Waals surface area contributed by atoms with Crippen LogP contribution in [0.1, 0.15) is 12.5 Å². The van der Waals surface area contributed by atoms with Crippen LogP contribution in [0.15, 0.2) is 18.2 Å². The molecule has 0 heterocycles. The molecule has 4 heteroatoms. The average molecular weight is 233 g/mol. The summed E-state index contributed by atoms with van der Waals surface area (Å²) in [5.74, 6) is 0. The molecule has 0 bridgehead atoms. The van der Waals surface area contributed by atoms with Crippen LogP contribution >= 0.6 is 23.2 Å². The third kappa shape index (κ3) is 2.98. The van der Waals surface area contributed by atoms with Crippen LogP contribution in [0.4, 0.5) is 0 Å². The molecule has 0 aromatic heterocycles. The summed E-state index contributed by atoms with van der Waals surface area (Å²) in [6.45, 7) is 1.45. The van der Waals surface area contributed by atoms with Crippen LogP contribution in [0.3, 0.4) is 0 Å². The van der Waals surface area contributed by atoms with E-state index in [9.17, 15) is 9.90 Å². The van der Waals surface area contributed by atoms with Crippen molar-refractivity contribution in [2.45, 2.75) is 18.9 Å². The summed E-state index contributed by atoms with van der Waals surface area (Å²) in [4.78, 5) is 10.5. The molecule has 1 rings (SSSR count). The molecule has 0 aliphatic carbocycles. The highest BCUT2D eigenvalue weighted by Gasteiger charge is 2.19. The van der Waals surface area contributed by atoms with Crippen molar-refractivity contribution in [2.24, 2.45) is 0 Å². The largest absolute Gasteiger partial charge is 0.382 e. The van der Waals surface area contributed by atoms with E-state index in [1.165, 1.54) is 6.92 Å². The van der Waals surface area contributed by atoms with Crippen molar-refractivity contribution in [3.63, 3.8) is 0 Å². The van der Waals surface area contributed by atoms with Crippen molar-refractivity contribution in [1.29, 1.82) is 0 Å². The van der Waals surface area contributed by atoms with Crippen molar-refractivity contribution in [3.8, 4) is 0 Å². The Hall–Kier alpha value is -0.570. The number of rotatable bonds is 3. The smallest absolute Gasteiger partial charge is 0.151 e. The van der Waals surface area contributed by atoms with Crippen molar-refractivity contribution in [3.05, 3.63) is 33.8 Å². The molecule has 1 aromatic carbocycles. The molecule has 0 amide bonds. The van der Waals surface area contributed by atoms with Gasteiger partial charge in [0, 0.05) is 6.42 Å². The number of carbonyl (C=O) groups is 1. The fourth-order valence-corrected chi connectivity index (χ4v) is 1.43. The molecule has 2 nitrogen and oxygen atoms in total. The van der Waals surface area contributed by atoms with Crippen molar-refractivity contribution >= 4 is 29.5 Å². The topological polar surface area (TPSA) is 37.3 Å². The van der Waals surface area contributed by atoms with E-state index >= 15 is 0 Å². The van der Waals surface area contributed by atoms with Gasteiger partial charge in [0.2, 0.25) is 0 Å². The highest BCUT2D eigenvalue weighted by molar-refractivity contribution is 6.42. The number of aliphatic hydroxyl groups is 1. The van der Waals surface area contributed by atoms with E-state index in [1.807, 2.05) is 0 Å². The van der Waals surface area contributed by atoms with Crippen LogP contribution in [0.25, 0.3) is 0 Å². The summed E-state index contributed by atoms with van der Waals surface area (Å²) < 4.78 is 0. The van der Waals surface area contributed by atoms with Crippen LogP contribution < -0.4 is 0 Å². The second-order valence-corrected chi connectivity index (χ2v) is 4.21. The van der Waals surface area contributed by atoms with Gasteiger partial charge in [0.05, 0.1) is 10.0 Å². The van der Waals surface area contributed by atoms with E-state index in [0.717, 1.165) is 5.56 Å². The van der Waals surface area contributed by atoms with Gasteiger partial charge in [0.1, 0.15) is 5.60 Å². The van der Waals surface area contributed by atoms with Gasteiger partial charge < -0.3 is 9.90 Å². The molecule has 0 aliphatic heterocycles. The van der Waals surface area contributed by atoms with Crippen LogP contribution in [0.5, 0.6) is 0 Å². The molecule has 1 unspecified atom stereocenters. The molecule has 0 spiro atoms. The lowest BCUT2D eigenvalue weighted by Crippen LogP contribution is -2.28. The first-order valence-corrected chi connectivity index (χ1v) is 4.83. The second kappa shape index (κ2) is 4.30. The lowest BCUT2D eigenvalue weighted by Gasteiger charge is -2.15. The lowest BCUT2D eigenvalue weighted by atomic mass is 9.98. The molecule has 1 aromatic rings. The van der Waals surface area contributed by atoms with Gasteiger partial charge in [-0.2, -0.15) is 0 Å². The van der Waals surface area contributed by atoms with Crippen LogP contribution in [0, 0.1) is 0 Å². The van der Waals surface area contributed by atoms with E-state index < -0.39 is 5.60 Å². The molecule has 0 radical (unpaired) electrons.